The van der Waals surface area contributed by atoms with Gasteiger partial charge in [-0.25, -0.2) is 18.5 Å². The minimum absolute atomic E-state index is 0.0411. The lowest BCUT2D eigenvalue weighted by molar-refractivity contribution is -0.117. The van der Waals surface area contributed by atoms with Crippen molar-refractivity contribution in [3.05, 3.63) is 11.8 Å². The van der Waals surface area contributed by atoms with E-state index < -0.39 is 15.3 Å². The molecule has 8 nitrogen and oxygen atoms in total. The zero-order valence-electron chi connectivity index (χ0n) is 9.70. The van der Waals surface area contributed by atoms with E-state index in [1.807, 2.05) is 0 Å². The number of carbonyl (C=O) groups is 1. The van der Waals surface area contributed by atoms with Crippen molar-refractivity contribution in [3.8, 4) is 0 Å². The summed E-state index contributed by atoms with van der Waals surface area (Å²) >= 11 is 0. The zero-order valence-corrected chi connectivity index (χ0v) is 10.5. The number of nitrogens with zero attached hydrogens (tertiary/aromatic N) is 3. The van der Waals surface area contributed by atoms with Gasteiger partial charge in [0.2, 0.25) is 21.9 Å². The van der Waals surface area contributed by atoms with Crippen LogP contribution in [0.1, 0.15) is 12.1 Å². The third kappa shape index (κ3) is 2.41. The van der Waals surface area contributed by atoms with Crippen molar-refractivity contribution >= 4 is 27.7 Å². The number of carbonyl (C=O) groups excluding carboxylic acids is 1. The third-order valence-corrected chi connectivity index (χ3v) is 3.90. The second-order valence-electron chi connectivity index (χ2n) is 4.15. The smallest absolute Gasteiger partial charge is 0.234 e. The molecule has 0 saturated carbocycles. The summed E-state index contributed by atoms with van der Waals surface area (Å²) < 4.78 is 22.4. The van der Waals surface area contributed by atoms with E-state index in [0.717, 1.165) is 0 Å². The number of primary sulfonamides is 1. The molecular formula is C9H13N5O3S. The van der Waals surface area contributed by atoms with Gasteiger partial charge in [0, 0.05) is 24.7 Å². The number of hydrogen-bond donors (Lipinski definition) is 2. The molecule has 1 fully saturated rings. The lowest BCUT2D eigenvalue weighted by Crippen LogP contribution is -2.33. The monoisotopic (exact) mass is 271 g/mol. The molecule has 1 saturated heterocycles. The highest BCUT2D eigenvalue weighted by molar-refractivity contribution is 7.89. The van der Waals surface area contributed by atoms with E-state index in [0.29, 0.717) is 5.69 Å². The van der Waals surface area contributed by atoms with Gasteiger partial charge in [0.05, 0.1) is 0 Å². The number of aromatic nitrogens is 2. The molecule has 1 aromatic rings. The first-order chi connectivity index (χ1) is 8.27. The molecule has 0 bridgehead atoms. The van der Waals surface area contributed by atoms with Crippen molar-refractivity contribution < 1.29 is 13.2 Å². The molecule has 1 unspecified atom stereocenters. The van der Waals surface area contributed by atoms with Crippen LogP contribution in [0.25, 0.3) is 0 Å². The Balaban J connectivity index is 2.32. The van der Waals surface area contributed by atoms with Crippen LogP contribution < -0.4 is 15.8 Å². The van der Waals surface area contributed by atoms with Gasteiger partial charge < -0.3 is 5.73 Å². The van der Waals surface area contributed by atoms with Crippen molar-refractivity contribution in [2.45, 2.75) is 18.6 Å². The van der Waals surface area contributed by atoms with E-state index in [1.54, 1.807) is 13.0 Å². The van der Waals surface area contributed by atoms with Crippen LogP contribution >= 0.6 is 0 Å². The fourth-order valence-corrected chi connectivity index (χ4v) is 2.52. The quantitative estimate of drug-likeness (QED) is 0.691. The summed E-state index contributed by atoms with van der Waals surface area (Å²) in [6.07, 6.45) is -0.157. The lowest BCUT2D eigenvalue weighted by atomic mass is 10.4. The van der Waals surface area contributed by atoms with Crippen LogP contribution in [-0.2, 0) is 14.8 Å². The highest BCUT2D eigenvalue weighted by Gasteiger charge is 2.38. The van der Waals surface area contributed by atoms with Crippen LogP contribution in [-0.4, -0.2) is 36.1 Å². The average molecular weight is 271 g/mol. The first-order valence-corrected chi connectivity index (χ1v) is 6.81. The number of nitrogen functional groups attached to an aromatic ring is 1. The second kappa shape index (κ2) is 4.18. The Bertz CT molecular complexity index is 580. The number of aryl methyl sites for hydroxylation is 1. The van der Waals surface area contributed by atoms with Gasteiger partial charge in [0.25, 0.3) is 0 Å². The van der Waals surface area contributed by atoms with Crippen molar-refractivity contribution in [2.75, 3.05) is 17.2 Å². The maximum Gasteiger partial charge on any atom is 0.234 e. The van der Waals surface area contributed by atoms with E-state index in [2.05, 4.69) is 9.97 Å². The Morgan fingerprint density at radius 3 is 2.61 bits per heavy atom. The lowest BCUT2D eigenvalue weighted by Gasteiger charge is -2.14. The Kier molecular flexibility index (Phi) is 2.95. The molecule has 0 aromatic carbocycles. The van der Waals surface area contributed by atoms with Gasteiger partial charge >= 0.3 is 0 Å². The number of nitrogens with two attached hydrogens (primary N) is 2. The van der Waals surface area contributed by atoms with E-state index in [4.69, 9.17) is 10.9 Å². The largest absolute Gasteiger partial charge is 0.384 e. The molecule has 2 rings (SSSR count). The number of hydrogen-bond acceptors (Lipinski definition) is 6. The molecule has 0 radical (unpaired) electrons. The predicted molar refractivity (Wildman–Crippen MR) is 65.0 cm³/mol. The van der Waals surface area contributed by atoms with Crippen molar-refractivity contribution in [1.82, 2.24) is 9.97 Å². The van der Waals surface area contributed by atoms with Crippen LogP contribution in [0.5, 0.6) is 0 Å². The van der Waals surface area contributed by atoms with Gasteiger partial charge in [-0.05, 0) is 6.92 Å². The van der Waals surface area contributed by atoms with E-state index >= 15 is 0 Å². The maximum absolute atomic E-state index is 11.7. The molecule has 1 amide bonds. The highest BCUT2D eigenvalue weighted by atomic mass is 32.2. The SMILES string of the molecule is Cc1cc(N)nc(N2CC(S(N)(=O)=O)CC2=O)n1. The fourth-order valence-electron chi connectivity index (χ4n) is 1.79. The Morgan fingerprint density at radius 2 is 2.11 bits per heavy atom. The van der Waals surface area contributed by atoms with E-state index in [9.17, 15) is 13.2 Å². The first-order valence-electron chi connectivity index (χ1n) is 5.20. The third-order valence-electron chi connectivity index (χ3n) is 2.66. The first kappa shape index (κ1) is 12.7. The fraction of sp³-hybridized carbons (Fsp3) is 0.444. The molecule has 1 aliphatic rings. The molecule has 0 spiro atoms. The van der Waals surface area contributed by atoms with Crippen molar-refractivity contribution in [1.29, 1.82) is 0 Å². The Morgan fingerprint density at radius 1 is 1.44 bits per heavy atom. The van der Waals surface area contributed by atoms with E-state index in [-0.39, 0.29) is 30.6 Å². The summed E-state index contributed by atoms with van der Waals surface area (Å²) in [6, 6.07) is 1.56. The summed E-state index contributed by atoms with van der Waals surface area (Å²) in [6.45, 7) is 1.67. The minimum atomic E-state index is -3.75. The molecule has 1 atom stereocenters. The number of amides is 1. The number of anilines is 2. The van der Waals surface area contributed by atoms with Gasteiger partial charge in [-0.3, -0.25) is 9.69 Å². The van der Waals surface area contributed by atoms with Crippen LogP contribution in [0.2, 0.25) is 0 Å². The van der Waals surface area contributed by atoms with Gasteiger partial charge in [0.15, 0.2) is 0 Å². The molecule has 4 N–H and O–H groups in total. The van der Waals surface area contributed by atoms with Crippen molar-refractivity contribution in [3.63, 3.8) is 0 Å². The molecule has 98 valence electrons. The molecule has 0 aliphatic carbocycles. The molecule has 9 heteroatoms. The van der Waals surface area contributed by atoms with Crippen molar-refractivity contribution in [2.24, 2.45) is 5.14 Å². The molecule has 1 aliphatic heterocycles. The minimum Gasteiger partial charge on any atom is -0.384 e. The standard InChI is InChI=1S/C9H13N5O3S/c1-5-2-7(10)13-9(12-5)14-4-6(3-8(14)15)18(11,16)17/h2,6H,3-4H2,1H3,(H2,10,12,13)(H2,11,16,17). The maximum atomic E-state index is 11.7. The average Bonchev–Trinajstić information content (AvgIpc) is 2.58. The van der Waals surface area contributed by atoms with Gasteiger partial charge in [-0.2, -0.15) is 4.98 Å². The molecular weight excluding hydrogens is 258 g/mol. The van der Waals surface area contributed by atoms with Gasteiger partial charge in [-0.1, -0.05) is 0 Å². The summed E-state index contributed by atoms with van der Waals surface area (Å²) in [5.74, 6) is -0.0352. The number of sulfonamides is 1. The van der Waals surface area contributed by atoms with Crippen LogP contribution in [0.15, 0.2) is 6.07 Å². The topological polar surface area (TPSA) is 132 Å². The summed E-state index contributed by atoms with van der Waals surface area (Å²) in [4.78, 5) is 20.9. The normalized spacial score (nSPS) is 20.4. The summed E-state index contributed by atoms with van der Waals surface area (Å²) in [5, 5.41) is 4.11. The van der Waals surface area contributed by atoms with Crippen LogP contribution in [0.4, 0.5) is 11.8 Å². The summed E-state index contributed by atoms with van der Waals surface area (Å²) in [7, 11) is -3.75. The van der Waals surface area contributed by atoms with E-state index in [1.165, 1.54) is 4.90 Å². The predicted octanol–water partition coefficient (Wildman–Crippen LogP) is -1.24. The number of rotatable bonds is 2. The van der Waals surface area contributed by atoms with Gasteiger partial charge in [-0.15, -0.1) is 0 Å². The molecule has 2 heterocycles. The van der Waals surface area contributed by atoms with Crippen LogP contribution in [0, 0.1) is 6.92 Å². The van der Waals surface area contributed by atoms with Crippen LogP contribution in [0.3, 0.4) is 0 Å². The molecule has 18 heavy (non-hydrogen) atoms. The van der Waals surface area contributed by atoms with Gasteiger partial charge in [0.1, 0.15) is 11.1 Å². The Labute approximate surface area is 104 Å². The summed E-state index contributed by atoms with van der Waals surface area (Å²) in [5.41, 5.74) is 6.16. The highest BCUT2D eigenvalue weighted by Crippen LogP contribution is 2.22. The zero-order chi connectivity index (χ0) is 13.5. The second-order valence-corrected chi connectivity index (χ2v) is 6.00. The molecule has 1 aromatic heterocycles. The Hall–Kier alpha value is -1.74.